The molecule has 142 valence electrons. The van der Waals surface area contributed by atoms with Gasteiger partial charge in [-0.25, -0.2) is 10.2 Å². The van der Waals surface area contributed by atoms with Crippen molar-refractivity contribution in [3.63, 3.8) is 0 Å². The summed E-state index contributed by atoms with van der Waals surface area (Å²) >= 11 is 1.56. The van der Waals surface area contributed by atoms with E-state index in [0.717, 1.165) is 10.4 Å². The van der Waals surface area contributed by atoms with Crippen LogP contribution in [0.25, 0.3) is 11.2 Å². The molecule has 0 aliphatic rings. The number of imidazole rings is 1. The maximum Gasteiger partial charge on any atom is 0.332 e. The highest BCUT2D eigenvalue weighted by atomic mass is 32.1. The first-order chi connectivity index (χ1) is 13.6. The first-order valence-electron chi connectivity index (χ1n) is 8.59. The topological polar surface area (TPSA) is 86.2 Å². The van der Waals surface area contributed by atoms with Gasteiger partial charge < -0.3 is 4.57 Å². The second-order valence-corrected chi connectivity index (χ2v) is 7.25. The Morgan fingerprint density at radius 2 is 1.89 bits per heavy atom. The quantitative estimate of drug-likeness (QED) is 0.414. The van der Waals surface area contributed by atoms with Crippen molar-refractivity contribution in [3.8, 4) is 0 Å². The molecule has 3 aromatic heterocycles. The average molecular weight is 394 g/mol. The summed E-state index contributed by atoms with van der Waals surface area (Å²) in [5, 5.41) is 6.13. The van der Waals surface area contributed by atoms with Crippen molar-refractivity contribution in [1.29, 1.82) is 0 Å². The molecule has 4 rings (SSSR count). The lowest BCUT2D eigenvalue weighted by atomic mass is 10.2. The molecule has 0 saturated carbocycles. The van der Waals surface area contributed by atoms with E-state index in [-0.39, 0.29) is 12.1 Å². The largest absolute Gasteiger partial charge is 0.332 e. The molecule has 0 radical (unpaired) electrons. The van der Waals surface area contributed by atoms with Crippen molar-refractivity contribution in [1.82, 2.24) is 18.7 Å². The molecule has 0 fully saturated rings. The molecule has 1 aromatic carbocycles. The summed E-state index contributed by atoms with van der Waals surface area (Å²) in [5.74, 6) is 0.382. The van der Waals surface area contributed by atoms with Crippen LogP contribution < -0.4 is 16.7 Å². The van der Waals surface area contributed by atoms with Gasteiger partial charge in [0.2, 0.25) is 5.95 Å². The third kappa shape index (κ3) is 3.16. The highest BCUT2D eigenvalue weighted by molar-refractivity contribution is 7.11. The molecule has 0 spiro atoms. The zero-order chi connectivity index (χ0) is 19.7. The fourth-order valence-electron chi connectivity index (χ4n) is 2.97. The molecule has 0 atom stereocenters. The molecule has 0 bridgehead atoms. The second-order valence-electron chi connectivity index (χ2n) is 6.27. The summed E-state index contributed by atoms with van der Waals surface area (Å²) in [6.07, 6.45) is 1.68. The lowest BCUT2D eigenvalue weighted by Crippen LogP contribution is -2.39. The van der Waals surface area contributed by atoms with Gasteiger partial charge in [-0.3, -0.25) is 13.9 Å². The van der Waals surface area contributed by atoms with Gasteiger partial charge in [0.25, 0.3) is 5.56 Å². The predicted molar refractivity (Wildman–Crippen MR) is 111 cm³/mol. The lowest BCUT2D eigenvalue weighted by molar-refractivity contribution is 0.655. The summed E-state index contributed by atoms with van der Waals surface area (Å²) in [5.41, 5.74) is 3.59. The van der Waals surface area contributed by atoms with Crippen molar-refractivity contribution in [3.05, 3.63) is 79.1 Å². The highest BCUT2D eigenvalue weighted by Crippen LogP contribution is 2.14. The van der Waals surface area contributed by atoms with E-state index < -0.39 is 5.69 Å². The number of hydrogen-bond donors (Lipinski definition) is 1. The number of fused-ring (bicyclic) bond motifs is 1. The van der Waals surface area contributed by atoms with Gasteiger partial charge in [0.05, 0.1) is 12.8 Å². The Balaban J connectivity index is 1.77. The number of nitrogens with zero attached hydrogens (tertiary/aromatic N) is 5. The number of thiophene rings is 1. The van der Waals surface area contributed by atoms with Crippen molar-refractivity contribution < 1.29 is 0 Å². The Hall–Kier alpha value is -3.46. The van der Waals surface area contributed by atoms with Gasteiger partial charge in [-0.05, 0) is 17.0 Å². The highest BCUT2D eigenvalue weighted by Gasteiger charge is 2.18. The Morgan fingerprint density at radius 1 is 1.11 bits per heavy atom. The molecule has 0 amide bonds. The minimum Gasteiger partial charge on any atom is -0.306 e. The Kier molecular flexibility index (Phi) is 4.66. The summed E-state index contributed by atoms with van der Waals surface area (Å²) in [6, 6.07) is 13.3. The van der Waals surface area contributed by atoms with Crippen LogP contribution in [0.2, 0.25) is 0 Å². The lowest BCUT2D eigenvalue weighted by Gasteiger charge is -2.08. The zero-order valence-electron chi connectivity index (χ0n) is 15.4. The number of anilines is 1. The summed E-state index contributed by atoms with van der Waals surface area (Å²) in [7, 11) is 3.33. The molecule has 9 heteroatoms. The average Bonchev–Trinajstić information content (AvgIpc) is 3.33. The smallest absolute Gasteiger partial charge is 0.306 e. The fraction of sp³-hybridized carbons (Fsp3) is 0.158. The van der Waals surface area contributed by atoms with E-state index in [1.165, 1.54) is 9.13 Å². The molecule has 0 unspecified atom stereocenters. The second kappa shape index (κ2) is 7.28. The minimum absolute atomic E-state index is 0.201. The van der Waals surface area contributed by atoms with Crippen LogP contribution in [0.1, 0.15) is 10.4 Å². The molecule has 28 heavy (non-hydrogen) atoms. The van der Waals surface area contributed by atoms with Crippen LogP contribution in [0.4, 0.5) is 5.95 Å². The number of hydrazone groups is 1. The van der Waals surface area contributed by atoms with E-state index in [4.69, 9.17) is 0 Å². The van der Waals surface area contributed by atoms with E-state index >= 15 is 0 Å². The van der Waals surface area contributed by atoms with E-state index in [1.807, 2.05) is 47.8 Å². The SMILES string of the molecule is Cn1c(N/N=C/c2cccs2)nc2c1c(=O)n(Cc1ccccc1)c(=O)n2C. The van der Waals surface area contributed by atoms with Crippen molar-refractivity contribution in [2.75, 3.05) is 5.43 Å². The van der Waals surface area contributed by atoms with Gasteiger partial charge >= 0.3 is 5.69 Å². The number of benzene rings is 1. The van der Waals surface area contributed by atoms with Crippen molar-refractivity contribution in [2.24, 2.45) is 19.2 Å². The third-order valence-corrected chi connectivity index (χ3v) is 5.25. The molecule has 3 heterocycles. The van der Waals surface area contributed by atoms with Crippen LogP contribution in [0.3, 0.4) is 0 Å². The van der Waals surface area contributed by atoms with Gasteiger partial charge in [0.15, 0.2) is 11.2 Å². The molecule has 1 N–H and O–H groups in total. The van der Waals surface area contributed by atoms with Crippen LogP contribution in [0, 0.1) is 0 Å². The maximum absolute atomic E-state index is 13.0. The zero-order valence-corrected chi connectivity index (χ0v) is 16.2. The summed E-state index contributed by atoms with van der Waals surface area (Å²) < 4.78 is 4.22. The molecular formula is C19H18N6O2S. The fourth-order valence-corrected chi connectivity index (χ4v) is 3.55. The number of hydrogen-bond acceptors (Lipinski definition) is 6. The van der Waals surface area contributed by atoms with Gasteiger partial charge in [-0.1, -0.05) is 36.4 Å². The molecule has 0 saturated heterocycles. The molecule has 8 nitrogen and oxygen atoms in total. The molecule has 0 aliphatic heterocycles. The summed E-state index contributed by atoms with van der Waals surface area (Å²) in [6.45, 7) is 0.201. The van der Waals surface area contributed by atoms with Gasteiger partial charge in [0.1, 0.15) is 0 Å². The molecule has 4 aromatic rings. The van der Waals surface area contributed by atoms with Crippen LogP contribution in [-0.2, 0) is 20.6 Å². The maximum atomic E-state index is 13.0. The third-order valence-electron chi connectivity index (χ3n) is 4.44. The van der Waals surface area contributed by atoms with Gasteiger partial charge in [-0.2, -0.15) is 10.1 Å². The molecular weight excluding hydrogens is 376 g/mol. The van der Waals surface area contributed by atoms with Gasteiger partial charge in [-0.15, -0.1) is 11.3 Å². The first-order valence-corrected chi connectivity index (χ1v) is 9.47. The first kappa shape index (κ1) is 17.9. The summed E-state index contributed by atoms with van der Waals surface area (Å²) in [4.78, 5) is 31.1. The van der Waals surface area contributed by atoms with Crippen molar-refractivity contribution in [2.45, 2.75) is 6.54 Å². The monoisotopic (exact) mass is 394 g/mol. The van der Waals surface area contributed by atoms with Crippen LogP contribution in [0.5, 0.6) is 0 Å². The number of aryl methyl sites for hydroxylation is 2. The number of rotatable bonds is 5. The predicted octanol–water partition coefficient (Wildman–Crippen LogP) is 1.99. The van der Waals surface area contributed by atoms with Crippen LogP contribution in [-0.4, -0.2) is 24.9 Å². The number of aromatic nitrogens is 4. The van der Waals surface area contributed by atoms with Crippen LogP contribution in [0.15, 0.2) is 62.5 Å². The number of nitrogens with one attached hydrogen (secondary N) is 1. The Labute approximate surface area is 164 Å². The normalized spacial score (nSPS) is 11.5. The van der Waals surface area contributed by atoms with Crippen LogP contribution >= 0.6 is 11.3 Å². The van der Waals surface area contributed by atoms with E-state index in [2.05, 4.69) is 15.5 Å². The Bertz CT molecular complexity index is 1270. The molecule has 0 aliphatic carbocycles. The van der Waals surface area contributed by atoms with Gasteiger partial charge in [0, 0.05) is 19.0 Å². The minimum atomic E-state index is -0.409. The standard InChI is InChI=1S/C19H18N6O2S/c1-23-15-16(21-18(23)22-20-11-14-9-6-10-28-14)24(2)19(27)25(17(15)26)12-13-7-4-3-5-8-13/h3-11H,12H2,1-2H3,(H,21,22)/b20-11+. The van der Waals surface area contributed by atoms with E-state index in [1.54, 1.807) is 36.2 Å². The van der Waals surface area contributed by atoms with E-state index in [9.17, 15) is 9.59 Å². The van der Waals surface area contributed by atoms with Crippen molar-refractivity contribution >= 4 is 34.7 Å². The Morgan fingerprint density at radius 3 is 2.61 bits per heavy atom. The van der Waals surface area contributed by atoms with E-state index in [0.29, 0.717) is 17.1 Å².